The number of nitrogens with two attached hydrogens (primary N) is 1. The van der Waals surface area contributed by atoms with Crippen molar-refractivity contribution in [1.82, 2.24) is 10.3 Å². The summed E-state index contributed by atoms with van der Waals surface area (Å²) in [6.07, 6.45) is 0.229. The van der Waals surface area contributed by atoms with Crippen molar-refractivity contribution < 1.29 is 28.9 Å². The molecule has 12 nitrogen and oxygen atoms in total. The summed E-state index contributed by atoms with van der Waals surface area (Å²) in [6.45, 7) is -0.184. The molecular formula is C10H11N5O7. The Hall–Kier alpha value is -3.02. The number of piperidine rings is 1. The monoisotopic (exact) mass is 313 g/mol. The first-order chi connectivity index (χ1) is 10.2. The Morgan fingerprint density at radius 2 is 2.09 bits per heavy atom. The van der Waals surface area contributed by atoms with Gasteiger partial charge in [-0.15, -0.1) is 0 Å². The van der Waals surface area contributed by atoms with E-state index in [4.69, 9.17) is 20.6 Å². The van der Waals surface area contributed by atoms with Crippen LogP contribution in [0.3, 0.4) is 0 Å². The number of rotatable bonds is 1. The van der Waals surface area contributed by atoms with Crippen LogP contribution in [0.2, 0.25) is 0 Å². The Labute approximate surface area is 122 Å². The molecule has 0 aromatic heterocycles. The molecule has 2 heterocycles. The molecule has 2 aliphatic rings. The molecule has 118 valence electrons. The maximum Gasteiger partial charge on any atom is 0.333 e. The predicted molar refractivity (Wildman–Crippen MR) is 66.2 cm³/mol. The third-order valence-corrected chi connectivity index (χ3v) is 3.02. The topological polar surface area (TPSA) is 178 Å². The molecule has 2 rings (SSSR count). The van der Waals surface area contributed by atoms with Crippen molar-refractivity contribution in [2.45, 2.75) is 18.2 Å². The molecule has 1 fully saturated rings. The van der Waals surface area contributed by atoms with Gasteiger partial charge in [0.05, 0.1) is 0 Å². The highest BCUT2D eigenvalue weighted by atomic mass is 16.7. The summed E-state index contributed by atoms with van der Waals surface area (Å²) >= 11 is 0. The lowest BCUT2D eigenvalue weighted by Gasteiger charge is -2.42. The maximum absolute atomic E-state index is 12.3. The van der Waals surface area contributed by atoms with E-state index in [1.807, 2.05) is 0 Å². The molecule has 1 saturated heterocycles. The summed E-state index contributed by atoms with van der Waals surface area (Å²) in [6, 6.07) is 0. The van der Waals surface area contributed by atoms with Crippen LogP contribution < -0.4 is 11.2 Å². The van der Waals surface area contributed by atoms with Crippen LogP contribution in [-0.4, -0.2) is 52.1 Å². The van der Waals surface area contributed by atoms with Gasteiger partial charge in [-0.25, -0.2) is 19.7 Å². The molecule has 2 atom stereocenters. The zero-order chi connectivity index (χ0) is 16.5. The summed E-state index contributed by atoms with van der Waals surface area (Å²) < 4.78 is 9.74. The third kappa shape index (κ3) is 2.71. The van der Waals surface area contributed by atoms with Crippen molar-refractivity contribution >= 4 is 23.8 Å². The number of fused-ring (bicyclic) bond motifs is 1. The van der Waals surface area contributed by atoms with Gasteiger partial charge in [0.25, 0.3) is 17.6 Å². The van der Waals surface area contributed by atoms with Gasteiger partial charge in [-0.3, -0.25) is 20.8 Å². The van der Waals surface area contributed by atoms with Crippen molar-refractivity contribution in [3.63, 3.8) is 0 Å². The molecule has 0 aliphatic carbocycles. The molecule has 22 heavy (non-hydrogen) atoms. The maximum atomic E-state index is 12.3. The molecule has 12 heteroatoms. The Balaban J connectivity index is 2.30. The number of hydrogen-bond acceptors (Lipinski definition) is 9. The fraction of sp³-hybridized carbons (Fsp3) is 0.400. The Bertz CT molecular complexity index is 602. The van der Waals surface area contributed by atoms with Crippen LogP contribution >= 0.6 is 0 Å². The molecule has 0 aromatic rings. The molecule has 2 unspecified atom stereocenters. The van der Waals surface area contributed by atoms with Crippen molar-refractivity contribution in [3.05, 3.63) is 22.3 Å². The molecular weight excluding hydrogens is 302 g/mol. The van der Waals surface area contributed by atoms with Crippen LogP contribution in [0.4, 0.5) is 0 Å². The minimum Gasteiger partial charge on any atom is -0.453 e. The lowest BCUT2D eigenvalue weighted by Crippen LogP contribution is -2.71. The zero-order valence-corrected chi connectivity index (χ0v) is 11.0. The number of nitro groups is 1. The fourth-order valence-electron chi connectivity index (χ4n) is 2.04. The summed E-state index contributed by atoms with van der Waals surface area (Å²) in [5, 5.41) is 16.8. The summed E-state index contributed by atoms with van der Waals surface area (Å²) in [4.78, 5) is 46.2. The molecule has 0 radical (unpaired) electrons. The first-order valence-corrected chi connectivity index (χ1v) is 5.96. The van der Waals surface area contributed by atoms with E-state index < -0.39 is 40.7 Å². The molecule has 0 bridgehead atoms. The second-order valence-electron chi connectivity index (χ2n) is 4.44. The van der Waals surface area contributed by atoms with Gasteiger partial charge in [0.2, 0.25) is 0 Å². The van der Waals surface area contributed by atoms with Crippen LogP contribution in [-0.2, 0) is 23.9 Å². The Morgan fingerprint density at radius 1 is 1.45 bits per heavy atom. The van der Waals surface area contributed by atoms with Gasteiger partial charge in [-0.1, -0.05) is 5.43 Å². The van der Waals surface area contributed by atoms with E-state index in [0.717, 1.165) is 12.2 Å². The second-order valence-corrected chi connectivity index (χ2v) is 4.44. The number of esters is 2. The molecule has 0 aromatic carbocycles. The van der Waals surface area contributed by atoms with E-state index >= 15 is 0 Å². The van der Waals surface area contributed by atoms with E-state index in [1.165, 1.54) is 5.43 Å². The SMILES string of the molecule is N=C(N[N+](=O)[O-])N1CCC2OC(=O)/C=C\C(=O)OC2(N)C1=O. The van der Waals surface area contributed by atoms with Gasteiger partial charge in [0.1, 0.15) is 0 Å². The first-order valence-electron chi connectivity index (χ1n) is 5.96. The van der Waals surface area contributed by atoms with Gasteiger partial charge in [-0.05, 0) is 0 Å². The van der Waals surface area contributed by atoms with E-state index in [2.05, 4.69) is 0 Å². The molecule has 0 saturated carbocycles. The highest BCUT2D eigenvalue weighted by Crippen LogP contribution is 2.26. The predicted octanol–water partition coefficient (Wildman–Crippen LogP) is -2.39. The van der Waals surface area contributed by atoms with Crippen LogP contribution in [0, 0.1) is 15.5 Å². The number of ether oxygens (including phenoxy) is 2. The van der Waals surface area contributed by atoms with E-state index in [-0.39, 0.29) is 13.0 Å². The average Bonchev–Trinajstić information content (AvgIpc) is 2.40. The van der Waals surface area contributed by atoms with Crippen LogP contribution in [0.1, 0.15) is 6.42 Å². The van der Waals surface area contributed by atoms with Crippen molar-refractivity contribution in [2.75, 3.05) is 6.54 Å². The van der Waals surface area contributed by atoms with E-state index in [0.29, 0.717) is 4.90 Å². The van der Waals surface area contributed by atoms with Gasteiger partial charge in [0, 0.05) is 25.1 Å². The van der Waals surface area contributed by atoms with Crippen molar-refractivity contribution in [3.8, 4) is 0 Å². The van der Waals surface area contributed by atoms with Gasteiger partial charge in [0.15, 0.2) is 11.1 Å². The largest absolute Gasteiger partial charge is 0.453 e. The fourth-order valence-corrected chi connectivity index (χ4v) is 2.04. The number of carbonyl (C=O) groups is 3. The summed E-state index contributed by atoms with van der Waals surface area (Å²) in [5.41, 5.74) is 4.88. The normalized spacial score (nSPS) is 29.4. The lowest BCUT2D eigenvalue weighted by atomic mass is 9.97. The number of nitrogens with one attached hydrogen (secondary N) is 2. The lowest BCUT2D eigenvalue weighted by molar-refractivity contribution is -0.526. The highest BCUT2D eigenvalue weighted by Gasteiger charge is 2.55. The van der Waals surface area contributed by atoms with Gasteiger partial charge < -0.3 is 9.47 Å². The minimum absolute atomic E-state index is 0.0725. The smallest absolute Gasteiger partial charge is 0.333 e. The first kappa shape index (κ1) is 15.4. The number of guanidine groups is 1. The number of carbonyl (C=O) groups excluding carboxylic acids is 3. The molecule has 0 spiro atoms. The third-order valence-electron chi connectivity index (χ3n) is 3.02. The van der Waals surface area contributed by atoms with Gasteiger partial charge in [-0.2, -0.15) is 0 Å². The minimum atomic E-state index is -2.36. The number of likely N-dealkylation sites (tertiary alicyclic amines) is 1. The van der Waals surface area contributed by atoms with Gasteiger partial charge >= 0.3 is 11.9 Å². The van der Waals surface area contributed by atoms with Crippen LogP contribution in [0.15, 0.2) is 12.2 Å². The zero-order valence-electron chi connectivity index (χ0n) is 11.0. The number of amides is 1. The Morgan fingerprint density at radius 3 is 2.73 bits per heavy atom. The summed E-state index contributed by atoms with van der Waals surface area (Å²) in [7, 11) is 0. The number of hydrazine groups is 1. The number of nitrogens with zero attached hydrogens (tertiary/aromatic N) is 2. The standard InChI is InChI=1S/C10H11N5O7/c11-9(13-15(19)20)14-4-3-5-10(12,8(14)18)22-7(17)2-1-6(16)21-5/h1-2,5H,3-4,12H2,(H2,11,13)/b2-1-. The van der Waals surface area contributed by atoms with E-state index in [9.17, 15) is 24.5 Å². The molecule has 2 aliphatic heterocycles. The molecule has 1 amide bonds. The quantitative estimate of drug-likeness (QED) is 0.156. The van der Waals surface area contributed by atoms with Crippen molar-refractivity contribution in [1.29, 1.82) is 5.41 Å². The second kappa shape index (κ2) is 5.40. The summed E-state index contributed by atoms with van der Waals surface area (Å²) in [5.74, 6) is -3.89. The highest BCUT2D eigenvalue weighted by molar-refractivity contribution is 6.02. The van der Waals surface area contributed by atoms with Crippen molar-refractivity contribution in [2.24, 2.45) is 5.73 Å². The Kier molecular flexibility index (Phi) is 3.77. The van der Waals surface area contributed by atoms with Crippen LogP contribution in [0.25, 0.3) is 0 Å². The van der Waals surface area contributed by atoms with Crippen LogP contribution in [0.5, 0.6) is 0 Å². The average molecular weight is 313 g/mol. The molecule has 4 N–H and O–H groups in total. The number of hydrogen-bond donors (Lipinski definition) is 3. The van der Waals surface area contributed by atoms with E-state index in [1.54, 1.807) is 0 Å².